The van der Waals surface area contributed by atoms with Crippen LogP contribution in [-0.4, -0.2) is 41.7 Å². The minimum Gasteiger partial charge on any atom is -0.496 e. The number of hydrogen-bond donors (Lipinski definition) is 2. The van der Waals surface area contributed by atoms with Crippen LogP contribution in [0.1, 0.15) is 71.2 Å². The molecule has 0 bridgehead atoms. The van der Waals surface area contributed by atoms with Gasteiger partial charge in [-0.05, 0) is 34.6 Å². The van der Waals surface area contributed by atoms with Crippen LogP contribution in [0.5, 0.6) is 5.75 Å². The zero-order chi connectivity index (χ0) is 25.3. The van der Waals surface area contributed by atoms with Gasteiger partial charge in [-0.1, -0.05) is 90.9 Å². The van der Waals surface area contributed by atoms with Crippen LogP contribution >= 0.6 is 0 Å². The van der Waals surface area contributed by atoms with Gasteiger partial charge in [0, 0.05) is 24.1 Å². The van der Waals surface area contributed by atoms with Crippen molar-refractivity contribution < 1.29 is 14.6 Å². The Morgan fingerprint density at radius 3 is 2.21 bits per heavy atom. The molecule has 0 aliphatic carbocycles. The van der Waals surface area contributed by atoms with Gasteiger partial charge in [0.1, 0.15) is 11.8 Å². The Kier molecular flexibility index (Phi) is 7.79. The number of carboxylic acid groups (broad SMARTS) is 1. The summed E-state index contributed by atoms with van der Waals surface area (Å²) in [5, 5.41) is 14.2. The molecular formula is C29H42N2O3. The lowest BCUT2D eigenvalue weighted by atomic mass is 9.72. The Labute approximate surface area is 205 Å². The molecule has 2 aromatic rings. The van der Waals surface area contributed by atoms with Gasteiger partial charge in [0.2, 0.25) is 0 Å². The summed E-state index contributed by atoms with van der Waals surface area (Å²) in [5.74, 6) is 0.0236. The Bertz CT molecular complexity index is 975. The molecule has 0 amide bonds. The van der Waals surface area contributed by atoms with Crippen LogP contribution in [0.25, 0.3) is 0 Å². The molecule has 186 valence electrons. The van der Waals surface area contributed by atoms with Crippen molar-refractivity contribution >= 4 is 5.97 Å². The maximum atomic E-state index is 12.6. The van der Waals surface area contributed by atoms with Crippen LogP contribution in [0, 0.1) is 11.3 Å². The molecule has 5 heteroatoms. The van der Waals surface area contributed by atoms with E-state index in [2.05, 4.69) is 82.9 Å². The summed E-state index contributed by atoms with van der Waals surface area (Å²) in [6.07, 6.45) is 0. The van der Waals surface area contributed by atoms with Gasteiger partial charge in [-0.25, -0.2) is 0 Å². The number of carboxylic acids is 1. The summed E-state index contributed by atoms with van der Waals surface area (Å²) >= 11 is 0. The van der Waals surface area contributed by atoms with E-state index in [-0.39, 0.29) is 28.8 Å². The van der Waals surface area contributed by atoms with Crippen molar-refractivity contribution in [3.05, 3.63) is 65.2 Å². The van der Waals surface area contributed by atoms with E-state index in [1.807, 2.05) is 24.3 Å². The number of carbonyl (C=O) groups is 1. The van der Waals surface area contributed by atoms with Crippen molar-refractivity contribution in [3.63, 3.8) is 0 Å². The summed E-state index contributed by atoms with van der Waals surface area (Å²) in [6, 6.07) is 16.1. The number of methoxy groups -OCH3 is 1. The monoisotopic (exact) mass is 466 g/mol. The number of nitrogens with zero attached hydrogens (tertiary/aromatic N) is 1. The second-order valence-corrected chi connectivity index (χ2v) is 11.5. The Morgan fingerprint density at radius 2 is 1.71 bits per heavy atom. The molecule has 5 nitrogen and oxygen atoms in total. The number of hydrogen-bond acceptors (Lipinski definition) is 4. The molecule has 0 unspecified atom stereocenters. The average Bonchev–Trinajstić information content (AvgIpc) is 3.12. The summed E-state index contributed by atoms with van der Waals surface area (Å²) < 4.78 is 5.69. The summed E-state index contributed by atoms with van der Waals surface area (Å²) in [4.78, 5) is 14.8. The molecule has 1 aliphatic rings. The smallest absolute Gasteiger partial charge is 0.321 e. The fourth-order valence-corrected chi connectivity index (χ4v) is 5.58. The first kappa shape index (κ1) is 26.2. The van der Waals surface area contributed by atoms with Gasteiger partial charge in [0.05, 0.1) is 13.2 Å². The van der Waals surface area contributed by atoms with Crippen LogP contribution in [-0.2, 0) is 16.8 Å². The minimum atomic E-state index is -0.751. The molecule has 1 saturated heterocycles. The molecule has 0 spiro atoms. The van der Waals surface area contributed by atoms with Crippen LogP contribution in [0.4, 0.5) is 0 Å². The van der Waals surface area contributed by atoms with Crippen molar-refractivity contribution in [2.45, 2.75) is 78.6 Å². The molecule has 0 aromatic heterocycles. The van der Waals surface area contributed by atoms with Crippen molar-refractivity contribution in [2.75, 3.05) is 13.7 Å². The average molecular weight is 467 g/mol. The van der Waals surface area contributed by atoms with Gasteiger partial charge < -0.3 is 15.2 Å². The lowest BCUT2D eigenvalue weighted by Crippen LogP contribution is -2.47. The molecule has 2 aromatic carbocycles. The van der Waals surface area contributed by atoms with E-state index in [9.17, 15) is 9.90 Å². The third-order valence-corrected chi connectivity index (χ3v) is 7.22. The molecule has 3 rings (SSSR count). The van der Waals surface area contributed by atoms with E-state index < -0.39 is 12.0 Å². The molecule has 1 heterocycles. The van der Waals surface area contributed by atoms with Crippen molar-refractivity contribution in [3.8, 4) is 5.75 Å². The molecule has 0 saturated carbocycles. The summed E-state index contributed by atoms with van der Waals surface area (Å²) in [7, 11) is 1.70. The highest BCUT2D eigenvalue weighted by atomic mass is 16.5. The number of benzene rings is 2. The first-order valence-electron chi connectivity index (χ1n) is 12.3. The van der Waals surface area contributed by atoms with Crippen molar-refractivity contribution in [1.82, 2.24) is 10.2 Å². The summed E-state index contributed by atoms with van der Waals surface area (Å²) in [6.45, 7) is 16.4. The number of rotatable bonds is 7. The maximum Gasteiger partial charge on any atom is 0.321 e. The predicted octanol–water partition coefficient (Wildman–Crippen LogP) is 5.64. The predicted molar refractivity (Wildman–Crippen MR) is 138 cm³/mol. The topological polar surface area (TPSA) is 61.8 Å². The van der Waals surface area contributed by atoms with Crippen LogP contribution in [0.2, 0.25) is 0 Å². The van der Waals surface area contributed by atoms with Gasteiger partial charge in [-0.3, -0.25) is 9.69 Å². The highest BCUT2D eigenvalue weighted by Gasteiger charge is 2.55. The highest BCUT2D eigenvalue weighted by Crippen LogP contribution is 2.48. The van der Waals surface area contributed by atoms with Crippen LogP contribution in [0.3, 0.4) is 0 Å². The van der Waals surface area contributed by atoms with E-state index in [1.165, 1.54) is 5.56 Å². The number of likely N-dealkylation sites (tertiary alicyclic amines) is 1. The lowest BCUT2D eigenvalue weighted by Gasteiger charge is -2.36. The van der Waals surface area contributed by atoms with Gasteiger partial charge in [-0.2, -0.15) is 0 Å². The standard InChI is InChI=1S/C29H42N2O3/c1-9-31-25(19-13-11-10-12-14-19)24(23(29(5,6)7)26(31)27(32)33)30-18-20-17-21(28(2,3)4)15-16-22(20)34-8/h10-17,23-26,30H,9,18H2,1-8H3,(H,32,33)/t23-,24-,25-,26-/m0/s1. The SMILES string of the molecule is CCN1[C@H](C(=O)O)[C@@H](C(C)(C)C)[C@H](NCc2cc(C(C)(C)C)ccc2OC)[C@@H]1c1ccccc1. The fraction of sp³-hybridized carbons (Fsp3) is 0.552. The fourth-order valence-electron chi connectivity index (χ4n) is 5.58. The highest BCUT2D eigenvalue weighted by molar-refractivity contribution is 5.75. The van der Waals surface area contributed by atoms with Crippen LogP contribution in [0.15, 0.2) is 48.5 Å². The Hall–Kier alpha value is -2.37. The van der Waals surface area contributed by atoms with E-state index in [0.717, 1.165) is 16.9 Å². The van der Waals surface area contributed by atoms with Gasteiger partial charge in [0.15, 0.2) is 0 Å². The van der Waals surface area contributed by atoms with E-state index in [1.54, 1.807) is 7.11 Å². The van der Waals surface area contributed by atoms with E-state index >= 15 is 0 Å². The number of aliphatic carboxylic acids is 1. The maximum absolute atomic E-state index is 12.6. The van der Waals surface area contributed by atoms with Crippen molar-refractivity contribution in [2.24, 2.45) is 11.3 Å². The second-order valence-electron chi connectivity index (χ2n) is 11.5. The van der Waals surface area contributed by atoms with Gasteiger partial charge in [0.25, 0.3) is 0 Å². The minimum absolute atomic E-state index is 0.0301. The Balaban J connectivity index is 2.06. The summed E-state index contributed by atoms with van der Waals surface area (Å²) in [5.41, 5.74) is 3.32. The van der Waals surface area contributed by atoms with E-state index in [0.29, 0.717) is 13.1 Å². The van der Waals surface area contributed by atoms with E-state index in [4.69, 9.17) is 4.74 Å². The third-order valence-electron chi connectivity index (χ3n) is 7.22. The molecule has 34 heavy (non-hydrogen) atoms. The normalized spacial score (nSPS) is 23.8. The number of likely N-dealkylation sites (N-methyl/N-ethyl adjacent to an activating group) is 1. The molecular weight excluding hydrogens is 424 g/mol. The molecule has 1 fully saturated rings. The zero-order valence-corrected chi connectivity index (χ0v) is 22.1. The number of ether oxygens (including phenoxy) is 1. The third kappa shape index (κ3) is 5.31. The molecule has 2 N–H and O–H groups in total. The second kappa shape index (κ2) is 10.1. The largest absolute Gasteiger partial charge is 0.496 e. The number of nitrogens with one attached hydrogen (secondary N) is 1. The van der Waals surface area contributed by atoms with Gasteiger partial charge in [-0.15, -0.1) is 0 Å². The quantitative estimate of drug-likeness (QED) is 0.553. The zero-order valence-electron chi connectivity index (χ0n) is 22.1. The first-order valence-corrected chi connectivity index (χ1v) is 12.3. The molecule has 4 atom stereocenters. The van der Waals surface area contributed by atoms with Crippen molar-refractivity contribution in [1.29, 1.82) is 0 Å². The van der Waals surface area contributed by atoms with Crippen LogP contribution < -0.4 is 10.1 Å². The molecule has 0 radical (unpaired) electrons. The molecule has 1 aliphatic heterocycles. The Morgan fingerprint density at radius 1 is 1.06 bits per heavy atom. The lowest BCUT2D eigenvalue weighted by molar-refractivity contribution is -0.145. The van der Waals surface area contributed by atoms with Gasteiger partial charge >= 0.3 is 5.97 Å². The first-order chi connectivity index (χ1) is 15.9.